The van der Waals surface area contributed by atoms with Gasteiger partial charge in [-0.3, -0.25) is 9.59 Å². The number of nitrogens with one attached hydrogen (secondary N) is 2. The number of nitrogens with two attached hydrogens (primary N) is 1. The molecule has 0 aliphatic carbocycles. The van der Waals surface area contributed by atoms with Crippen LogP contribution in [0.3, 0.4) is 0 Å². The van der Waals surface area contributed by atoms with Gasteiger partial charge in [-0.05, 0) is 12.0 Å². The van der Waals surface area contributed by atoms with Gasteiger partial charge >= 0.3 is 11.8 Å². The summed E-state index contributed by atoms with van der Waals surface area (Å²) in [4.78, 5) is 23.3. The Morgan fingerprint density at radius 3 is 2.42 bits per heavy atom. The molecule has 4 N–H and O–H groups in total. The molecule has 0 saturated heterocycles. The molecule has 6 heteroatoms. The third-order valence-corrected chi connectivity index (χ3v) is 2.69. The van der Waals surface area contributed by atoms with Gasteiger partial charge in [0.25, 0.3) is 0 Å². The minimum absolute atomic E-state index is 0.0176. The van der Waals surface area contributed by atoms with Crippen LogP contribution in [0.2, 0.25) is 0 Å². The molecule has 0 saturated carbocycles. The highest BCUT2D eigenvalue weighted by atomic mass is 32.1. The van der Waals surface area contributed by atoms with Crippen molar-refractivity contribution in [3.63, 3.8) is 0 Å². The Morgan fingerprint density at radius 2 is 1.89 bits per heavy atom. The summed E-state index contributed by atoms with van der Waals surface area (Å²) in [5.74, 6) is -1.42. The molecular formula is C13H17N3O2S. The molecular weight excluding hydrogens is 262 g/mol. The van der Waals surface area contributed by atoms with Crippen molar-refractivity contribution < 1.29 is 9.59 Å². The summed E-state index contributed by atoms with van der Waals surface area (Å²) in [5.41, 5.74) is 6.20. The minimum Gasteiger partial charge on any atom is -0.392 e. The lowest BCUT2D eigenvalue weighted by atomic mass is 10.0. The van der Waals surface area contributed by atoms with Gasteiger partial charge in [-0.2, -0.15) is 0 Å². The van der Waals surface area contributed by atoms with E-state index in [9.17, 15) is 9.59 Å². The fourth-order valence-electron chi connectivity index (χ4n) is 1.58. The second-order valence-corrected chi connectivity index (χ2v) is 4.52. The fraction of sp³-hybridized carbons (Fsp3) is 0.308. The molecule has 0 aliphatic heterocycles. The van der Waals surface area contributed by atoms with Crippen LogP contribution in [0.25, 0.3) is 0 Å². The molecule has 1 atom stereocenters. The molecule has 1 rings (SSSR count). The molecule has 0 heterocycles. The Bertz CT molecular complexity index is 462. The largest absolute Gasteiger partial charge is 0.392 e. The number of carbonyl (C=O) groups is 2. The Labute approximate surface area is 117 Å². The van der Waals surface area contributed by atoms with Gasteiger partial charge in [-0.15, -0.1) is 0 Å². The van der Waals surface area contributed by atoms with Crippen LogP contribution in [-0.4, -0.2) is 23.3 Å². The Balaban J connectivity index is 2.59. The van der Waals surface area contributed by atoms with Crippen LogP contribution in [0.15, 0.2) is 30.3 Å². The molecule has 1 unspecified atom stereocenters. The first-order valence-electron chi connectivity index (χ1n) is 5.96. The summed E-state index contributed by atoms with van der Waals surface area (Å²) in [7, 11) is 0. The summed E-state index contributed by atoms with van der Waals surface area (Å²) >= 11 is 4.62. The van der Waals surface area contributed by atoms with Crippen LogP contribution in [0.4, 0.5) is 0 Å². The predicted molar refractivity (Wildman–Crippen MR) is 77.4 cm³/mol. The van der Waals surface area contributed by atoms with E-state index in [-0.39, 0.29) is 17.6 Å². The lowest BCUT2D eigenvalue weighted by Crippen LogP contribution is -2.43. The maximum Gasteiger partial charge on any atom is 0.309 e. The number of rotatable bonds is 5. The molecule has 0 spiro atoms. The van der Waals surface area contributed by atoms with E-state index in [4.69, 9.17) is 5.73 Å². The van der Waals surface area contributed by atoms with Crippen molar-refractivity contribution in [1.29, 1.82) is 0 Å². The summed E-state index contributed by atoms with van der Waals surface area (Å²) in [5, 5.41) is 5.02. The average molecular weight is 279 g/mol. The second kappa shape index (κ2) is 7.48. The van der Waals surface area contributed by atoms with Gasteiger partial charge in [0.2, 0.25) is 0 Å². The van der Waals surface area contributed by atoms with Crippen LogP contribution in [0.5, 0.6) is 0 Å². The Hall–Kier alpha value is -1.95. The zero-order chi connectivity index (χ0) is 14.3. The molecule has 1 aromatic carbocycles. The third kappa shape index (κ3) is 5.05. The zero-order valence-corrected chi connectivity index (χ0v) is 11.5. The molecule has 5 nitrogen and oxygen atoms in total. The van der Waals surface area contributed by atoms with Crippen LogP contribution in [0, 0.1) is 0 Å². The zero-order valence-electron chi connectivity index (χ0n) is 10.7. The van der Waals surface area contributed by atoms with Crippen LogP contribution in [0.1, 0.15) is 24.9 Å². The molecule has 19 heavy (non-hydrogen) atoms. The van der Waals surface area contributed by atoms with Crippen molar-refractivity contribution in [3.05, 3.63) is 35.9 Å². The van der Waals surface area contributed by atoms with E-state index in [0.29, 0.717) is 6.42 Å². The number of carbonyl (C=O) groups excluding carboxylic acids is 2. The van der Waals surface area contributed by atoms with E-state index in [1.54, 1.807) is 0 Å². The molecule has 0 bridgehead atoms. The monoisotopic (exact) mass is 279 g/mol. The number of benzene rings is 1. The maximum atomic E-state index is 11.7. The molecule has 0 fully saturated rings. The normalized spacial score (nSPS) is 11.4. The van der Waals surface area contributed by atoms with Gasteiger partial charge in [0, 0.05) is 0 Å². The number of amides is 2. The van der Waals surface area contributed by atoms with Crippen LogP contribution >= 0.6 is 12.2 Å². The molecule has 2 amide bonds. The predicted octanol–water partition coefficient (Wildman–Crippen LogP) is 0.656. The van der Waals surface area contributed by atoms with Crippen molar-refractivity contribution >= 4 is 29.0 Å². The lowest BCUT2D eigenvalue weighted by molar-refractivity contribution is -0.139. The highest BCUT2D eigenvalue weighted by Gasteiger charge is 2.18. The SMILES string of the molecule is CCC(NC(=O)C(=O)NCC(N)=S)c1ccccc1. The second-order valence-electron chi connectivity index (χ2n) is 3.99. The summed E-state index contributed by atoms with van der Waals surface area (Å²) in [6.07, 6.45) is 0.693. The van der Waals surface area contributed by atoms with Gasteiger partial charge in [0.15, 0.2) is 0 Å². The van der Waals surface area contributed by atoms with Gasteiger partial charge in [-0.25, -0.2) is 0 Å². The molecule has 102 valence electrons. The lowest BCUT2D eigenvalue weighted by Gasteiger charge is -2.17. The summed E-state index contributed by atoms with van der Waals surface area (Å²) in [6.45, 7) is 1.95. The van der Waals surface area contributed by atoms with Crippen LogP contribution < -0.4 is 16.4 Å². The van der Waals surface area contributed by atoms with E-state index in [2.05, 4.69) is 22.9 Å². The number of thiocarbonyl (C=S) groups is 1. The van der Waals surface area contributed by atoms with Crippen molar-refractivity contribution in [2.24, 2.45) is 5.73 Å². The first kappa shape index (κ1) is 15.1. The van der Waals surface area contributed by atoms with E-state index in [0.717, 1.165) is 5.56 Å². The van der Waals surface area contributed by atoms with E-state index >= 15 is 0 Å². The Kier molecular flexibility index (Phi) is 5.95. The van der Waals surface area contributed by atoms with E-state index < -0.39 is 11.8 Å². The van der Waals surface area contributed by atoms with Gasteiger partial charge in [0.1, 0.15) is 0 Å². The summed E-state index contributed by atoms with van der Waals surface area (Å²) < 4.78 is 0. The molecule has 0 aliphatic rings. The Morgan fingerprint density at radius 1 is 1.26 bits per heavy atom. The standard InChI is InChI=1S/C13H17N3O2S/c1-2-10(9-6-4-3-5-7-9)16-13(18)12(17)15-8-11(14)19/h3-7,10H,2,8H2,1H3,(H2,14,19)(H,15,17)(H,16,18). The van der Waals surface area contributed by atoms with Crippen molar-refractivity contribution in [2.45, 2.75) is 19.4 Å². The van der Waals surface area contributed by atoms with E-state index in [1.165, 1.54) is 0 Å². The average Bonchev–Trinajstić information content (AvgIpc) is 2.42. The van der Waals surface area contributed by atoms with Gasteiger partial charge in [-0.1, -0.05) is 49.5 Å². The minimum atomic E-state index is -0.734. The summed E-state index contributed by atoms with van der Waals surface area (Å²) in [6, 6.07) is 9.29. The third-order valence-electron chi connectivity index (χ3n) is 2.54. The quantitative estimate of drug-likeness (QED) is 0.546. The highest BCUT2D eigenvalue weighted by molar-refractivity contribution is 7.80. The fourth-order valence-corrected chi connectivity index (χ4v) is 1.65. The highest BCUT2D eigenvalue weighted by Crippen LogP contribution is 2.15. The molecule has 0 radical (unpaired) electrons. The van der Waals surface area contributed by atoms with Crippen molar-refractivity contribution in [3.8, 4) is 0 Å². The van der Waals surface area contributed by atoms with E-state index in [1.807, 2.05) is 37.3 Å². The molecule has 0 aromatic heterocycles. The smallest absolute Gasteiger partial charge is 0.309 e. The van der Waals surface area contributed by atoms with Gasteiger partial charge < -0.3 is 16.4 Å². The number of hydrogen-bond acceptors (Lipinski definition) is 3. The number of hydrogen-bond donors (Lipinski definition) is 3. The topological polar surface area (TPSA) is 84.2 Å². The maximum absolute atomic E-state index is 11.7. The van der Waals surface area contributed by atoms with Crippen molar-refractivity contribution in [2.75, 3.05) is 6.54 Å². The van der Waals surface area contributed by atoms with Gasteiger partial charge in [0.05, 0.1) is 17.6 Å². The first-order valence-corrected chi connectivity index (χ1v) is 6.37. The first-order chi connectivity index (χ1) is 9.04. The molecule has 1 aromatic rings. The van der Waals surface area contributed by atoms with Crippen molar-refractivity contribution in [1.82, 2.24) is 10.6 Å². The van der Waals surface area contributed by atoms with Crippen LogP contribution in [-0.2, 0) is 9.59 Å².